The first-order valence-corrected chi connectivity index (χ1v) is 6.46. The second-order valence-corrected chi connectivity index (χ2v) is 5.81. The van der Waals surface area contributed by atoms with Crippen LogP contribution in [-0.2, 0) is 15.4 Å². The monoisotopic (exact) mass is 227 g/mol. The van der Waals surface area contributed by atoms with Crippen molar-refractivity contribution in [1.82, 2.24) is 0 Å². The van der Waals surface area contributed by atoms with Crippen LogP contribution in [-0.4, -0.2) is 8.42 Å². The second-order valence-electron chi connectivity index (χ2n) is 4.28. The summed E-state index contributed by atoms with van der Waals surface area (Å²) < 4.78 is 22.8. The van der Waals surface area contributed by atoms with E-state index in [1.54, 1.807) is 12.1 Å². The van der Waals surface area contributed by atoms with E-state index in [-0.39, 0.29) is 10.3 Å². The molecule has 0 bridgehead atoms. The van der Waals surface area contributed by atoms with E-state index in [0.29, 0.717) is 0 Å². The summed E-state index contributed by atoms with van der Waals surface area (Å²) in [5, 5.41) is 5.18. The molecule has 0 atom stereocenters. The van der Waals surface area contributed by atoms with Crippen molar-refractivity contribution >= 4 is 10.0 Å². The van der Waals surface area contributed by atoms with Gasteiger partial charge in [-0.05, 0) is 23.5 Å². The lowest BCUT2D eigenvalue weighted by Crippen LogP contribution is -2.22. The Morgan fingerprint density at radius 1 is 1.27 bits per heavy atom. The highest BCUT2D eigenvalue weighted by Crippen LogP contribution is 2.31. The third kappa shape index (κ3) is 2.58. The Morgan fingerprint density at radius 3 is 2.27 bits per heavy atom. The van der Waals surface area contributed by atoms with E-state index in [0.717, 1.165) is 12.0 Å². The average Bonchev–Trinajstić information content (AvgIpc) is 2.16. The lowest BCUT2D eigenvalue weighted by atomic mass is 9.82. The third-order valence-electron chi connectivity index (χ3n) is 2.81. The molecule has 0 saturated carbocycles. The number of primary sulfonamides is 1. The highest BCUT2D eigenvalue weighted by atomic mass is 32.2. The zero-order valence-electron chi connectivity index (χ0n) is 9.32. The van der Waals surface area contributed by atoms with Gasteiger partial charge >= 0.3 is 0 Å². The predicted octanol–water partition coefficient (Wildman–Crippen LogP) is 2.02. The van der Waals surface area contributed by atoms with Gasteiger partial charge in [0.1, 0.15) is 0 Å². The van der Waals surface area contributed by atoms with Gasteiger partial charge in [0.05, 0.1) is 4.90 Å². The van der Waals surface area contributed by atoms with Crippen molar-refractivity contribution in [3.8, 4) is 0 Å². The lowest BCUT2D eigenvalue weighted by molar-refractivity contribution is 0.493. The minimum absolute atomic E-state index is 0.178. The fraction of sp³-hybridized carbons (Fsp3) is 0.455. The SMILES string of the molecule is CCC(C)(C)c1ccccc1S(N)(=O)=O. The summed E-state index contributed by atoms with van der Waals surface area (Å²) in [4.78, 5) is 0.233. The van der Waals surface area contributed by atoms with Crippen LogP contribution in [0, 0.1) is 0 Å². The topological polar surface area (TPSA) is 60.2 Å². The van der Waals surface area contributed by atoms with Gasteiger partial charge in [-0.2, -0.15) is 0 Å². The Hall–Kier alpha value is -0.870. The summed E-state index contributed by atoms with van der Waals surface area (Å²) in [6.45, 7) is 6.05. The van der Waals surface area contributed by atoms with Gasteiger partial charge in [0.15, 0.2) is 0 Å². The number of sulfonamides is 1. The van der Waals surface area contributed by atoms with Crippen LogP contribution in [0.1, 0.15) is 32.8 Å². The van der Waals surface area contributed by atoms with Gasteiger partial charge in [-0.3, -0.25) is 0 Å². The molecule has 84 valence electrons. The number of nitrogens with two attached hydrogens (primary N) is 1. The molecule has 0 aliphatic rings. The number of hydrogen-bond acceptors (Lipinski definition) is 2. The molecule has 0 unspecified atom stereocenters. The smallest absolute Gasteiger partial charge is 0.225 e. The Bertz CT molecular complexity index is 449. The van der Waals surface area contributed by atoms with Crippen LogP contribution in [0.5, 0.6) is 0 Å². The van der Waals surface area contributed by atoms with Gasteiger partial charge in [-0.15, -0.1) is 0 Å². The summed E-state index contributed by atoms with van der Waals surface area (Å²) in [5.74, 6) is 0. The molecular formula is C11H17NO2S. The van der Waals surface area contributed by atoms with Crippen molar-refractivity contribution < 1.29 is 8.42 Å². The van der Waals surface area contributed by atoms with Crippen molar-refractivity contribution in [3.63, 3.8) is 0 Å². The molecule has 0 aliphatic carbocycles. The molecule has 0 aromatic heterocycles. The van der Waals surface area contributed by atoms with E-state index in [4.69, 9.17) is 5.14 Å². The van der Waals surface area contributed by atoms with E-state index in [9.17, 15) is 8.42 Å². The minimum atomic E-state index is -3.63. The fourth-order valence-corrected chi connectivity index (χ4v) is 2.38. The number of benzene rings is 1. The molecule has 0 radical (unpaired) electrons. The first-order chi connectivity index (χ1) is 6.79. The fourth-order valence-electron chi connectivity index (χ4n) is 1.46. The molecule has 0 amide bonds. The van der Waals surface area contributed by atoms with Crippen LogP contribution >= 0.6 is 0 Å². The molecule has 1 aromatic carbocycles. The molecule has 4 heteroatoms. The Morgan fingerprint density at radius 2 is 1.80 bits per heavy atom. The van der Waals surface area contributed by atoms with Gasteiger partial charge in [-0.25, -0.2) is 13.6 Å². The quantitative estimate of drug-likeness (QED) is 0.858. The van der Waals surface area contributed by atoms with Gasteiger partial charge in [0.25, 0.3) is 0 Å². The molecule has 0 aliphatic heterocycles. The molecule has 0 spiro atoms. The molecule has 15 heavy (non-hydrogen) atoms. The molecule has 0 saturated heterocycles. The largest absolute Gasteiger partial charge is 0.238 e. The van der Waals surface area contributed by atoms with Gasteiger partial charge in [0, 0.05) is 0 Å². The lowest BCUT2D eigenvalue weighted by Gasteiger charge is -2.25. The normalized spacial score (nSPS) is 12.8. The van der Waals surface area contributed by atoms with Crippen LogP contribution in [0.25, 0.3) is 0 Å². The maximum absolute atomic E-state index is 11.4. The van der Waals surface area contributed by atoms with Gasteiger partial charge < -0.3 is 0 Å². The van der Waals surface area contributed by atoms with Crippen molar-refractivity contribution in [1.29, 1.82) is 0 Å². The van der Waals surface area contributed by atoms with Crippen molar-refractivity contribution in [3.05, 3.63) is 29.8 Å². The summed E-state index contributed by atoms with van der Waals surface area (Å²) in [7, 11) is -3.63. The summed E-state index contributed by atoms with van der Waals surface area (Å²) >= 11 is 0. The standard InChI is InChI=1S/C11H17NO2S/c1-4-11(2,3)9-7-5-6-8-10(9)15(12,13)14/h5-8H,4H2,1-3H3,(H2,12,13,14). The van der Waals surface area contributed by atoms with Crippen LogP contribution in [0.15, 0.2) is 29.2 Å². The molecular weight excluding hydrogens is 210 g/mol. The van der Waals surface area contributed by atoms with E-state index in [1.165, 1.54) is 0 Å². The minimum Gasteiger partial charge on any atom is -0.225 e. The van der Waals surface area contributed by atoms with Crippen LogP contribution in [0.4, 0.5) is 0 Å². The molecule has 0 heterocycles. The molecule has 1 aromatic rings. The highest BCUT2D eigenvalue weighted by Gasteiger charge is 2.25. The van der Waals surface area contributed by atoms with E-state index >= 15 is 0 Å². The Labute approximate surface area is 91.4 Å². The van der Waals surface area contributed by atoms with Crippen LogP contribution < -0.4 is 5.14 Å². The van der Waals surface area contributed by atoms with Gasteiger partial charge in [0.2, 0.25) is 10.0 Å². The molecule has 0 fully saturated rings. The summed E-state index contributed by atoms with van der Waals surface area (Å²) in [5.41, 5.74) is 0.609. The Kier molecular flexibility index (Phi) is 3.21. The van der Waals surface area contributed by atoms with E-state index in [2.05, 4.69) is 0 Å². The van der Waals surface area contributed by atoms with Crippen molar-refractivity contribution in [2.24, 2.45) is 5.14 Å². The Balaban J connectivity index is 3.44. The number of rotatable bonds is 3. The van der Waals surface area contributed by atoms with E-state index in [1.807, 2.05) is 32.9 Å². The highest BCUT2D eigenvalue weighted by molar-refractivity contribution is 7.89. The van der Waals surface area contributed by atoms with Crippen LogP contribution in [0.2, 0.25) is 0 Å². The van der Waals surface area contributed by atoms with Gasteiger partial charge in [-0.1, -0.05) is 39.0 Å². The molecule has 1 rings (SSSR count). The summed E-state index contributed by atoms with van der Waals surface area (Å²) in [6, 6.07) is 6.90. The van der Waals surface area contributed by atoms with E-state index < -0.39 is 10.0 Å². The van der Waals surface area contributed by atoms with Crippen molar-refractivity contribution in [2.45, 2.75) is 37.5 Å². The number of hydrogen-bond donors (Lipinski definition) is 1. The summed E-state index contributed by atoms with van der Waals surface area (Å²) in [6.07, 6.45) is 0.861. The second kappa shape index (κ2) is 3.94. The predicted molar refractivity (Wildman–Crippen MR) is 61.1 cm³/mol. The van der Waals surface area contributed by atoms with Crippen LogP contribution in [0.3, 0.4) is 0 Å². The van der Waals surface area contributed by atoms with Crippen molar-refractivity contribution in [2.75, 3.05) is 0 Å². The zero-order chi connectivity index (χ0) is 11.7. The molecule has 2 N–H and O–H groups in total. The average molecular weight is 227 g/mol. The zero-order valence-corrected chi connectivity index (χ0v) is 10.1. The maximum atomic E-state index is 11.4. The molecule has 3 nitrogen and oxygen atoms in total. The maximum Gasteiger partial charge on any atom is 0.238 e. The first-order valence-electron chi connectivity index (χ1n) is 4.91. The first kappa shape index (κ1) is 12.2. The third-order valence-corrected chi connectivity index (χ3v) is 3.78.